The maximum Gasteiger partial charge on any atom is 0.225 e. The van der Waals surface area contributed by atoms with E-state index in [1.54, 1.807) is 19.2 Å². The van der Waals surface area contributed by atoms with Crippen molar-refractivity contribution >= 4 is 17.6 Å². The number of carbonyl (C=O) groups is 1. The first-order valence-electron chi connectivity index (χ1n) is 10.8. The number of rotatable bonds is 7. The molecule has 0 aromatic heterocycles. The number of guanidine groups is 1. The van der Waals surface area contributed by atoms with Crippen LogP contribution in [-0.4, -0.2) is 63.1 Å². The molecule has 1 heterocycles. The predicted molar refractivity (Wildman–Crippen MR) is 116 cm³/mol. The van der Waals surface area contributed by atoms with Gasteiger partial charge in [0.05, 0.1) is 5.69 Å². The Hall–Kier alpha value is -2.31. The fourth-order valence-electron chi connectivity index (χ4n) is 4.30. The van der Waals surface area contributed by atoms with Gasteiger partial charge in [0.25, 0.3) is 0 Å². The lowest BCUT2D eigenvalue weighted by Crippen LogP contribution is -2.46. The number of carbonyl (C=O) groups excluding carboxylic acids is 1. The number of nitrogens with zero attached hydrogens (tertiary/aromatic N) is 3. The van der Waals surface area contributed by atoms with Gasteiger partial charge >= 0.3 is 0 Å². The Labute approximate surface area is 173 Å². The Morgan fingerprint density at radius 3 is 2.76 bits per heavy atom. The zero-order valence-electron chi connectivity index (χ0n) is 17.7. The molecule has 1 aliphatic carbocycles. The average molecular weight is 404 g/mol. The summed E-state index contributed by atoms with van der Waals surface area (Å²) in [5.74, 6) is 1.15. The van der Waals surface area contributed by atoms with Gasteiger partial charge in [-0.2, -0.15) is 0 Å². The Bertz CT molecular complexity index is 704. The fraction of sp³-hybridized carbons (Fsp3) is 0.636. The van der Waals surface area contributed by atoms with E-state index in [0.29, 0.717) is 11.6 Å². The van der Waals surface area contributed by atoms with Crippen molar-refractivity contribution in [1.29, 1.82) is 0 Å². The lowest BCUT2D eigenvalue weighted by molar-refractivity contribution is -0.134. The van der Waals surface area contributed by atoms with E-state index >= 15 is 0 Å². The van der Waals surface area contributed by atoms with Gasteiger partial charge in [-0.25, -0.2) is 4.39 Å². The molecule has 1 aromatic carbocycles. The second kappa shape index (κ2) is 10.5. The fourth-order valence-corrected chi connectivity index (χ4v) is 4.30. The molecule has 2 N–H and O–H groups in total. The highest BCUT2D eigenvalue weighted by Crippen LogP contribution is 2.27. The molecule has 1 unspecified atom stereocenters. The summed E-state index contributed by atoms with van der Waals surface area (Å²) in [7, 11) is 3.66. The van der Waals surface area contributed by atoms with Crippen molar-refractivity contribution in [3.8, 4) is 0 Å². The molecule has 1 amide bonds. The van der Waals surface area contributed by atoms with Crippen LogP contribution in [0.15, 0.2) is 29.3 Å². The zero-order chi connectivity index (χ0) is 20.6. The van der Waals surface area contributed by atoms with E-state index in [2.05, 4.69) is 15.6 Å². The van der Waals surface area contributed by atoms with E-state index in [-0.39, 0.29) is 17.8 Å². The minimum absolute atomic E-state index is 0.196. The largest absolute Gasteiger partial charge is 0.372 e. The number of likely N-dealkylation sites (tertiary alicyclic amines) is 1. The molecule has 3 rings (SSSR count). The van der Waals surface area contributed by atoms with Gasteiger partial charge in [-0.05, 0) is 37.8 Å². The van der Waals surface area contributed by atoms with Crippen LogP contribution < -0.4 is 15.5 Å². The number of amides is 1. The Morgan fingerprint density at radius 1 is 1.28 bits per heavy atom. The number of hydrogen-bond donors (Lipinski definition) is 2. The molecule has 0 spiro atoms. The molecule has 7 heteroatoms. The van der Waals surface area contributed by atoms with Crippen LogP contribution in [0.5, 0.6) is 0 Å². The molecule has 1 atom stereocenters. The van der Waals surface area contributed by atoms with Crippen molar-refractivity contribution in [2.45, 2.75) is 44.6 Å². The van der Waals surface area contributed by atoms with Crippen LogP contribution in [-0.2, 0) is 4.79 Å². The lowest BCUT2D eigenvalue weighted by Gasteiger charge is -2.22. The minimum atomic E-state index is -0.196. The van der Waals surface area contributed by atoms with Crippen molar-refractivity contribution in [3.63, 3.8) is 0 Å². The van der Waals surface area contributed by atoms with E-state index < -0.39 is 0 Å². The number of nitrogens with one attached hydrogen (secondary N) is 2. The normalized spacial score (nSPS) is 20.2. The van der Waals surface area contributed by atoms with Gasteiger partial charge in [0, 0.05) is 52.2 Å². The maximum atomic E-state index is 13.8. The maximum absolute atomic E-state index is 13.8. The molecule has 29 heavy (non-hydrogen) atoms. The SMILES string of the molecule is CN=C(NCCCN(C)c1ccccc1F)NC1CCN(C(=O)C2CCCC2)C1. The number of hydrogen-bond acceptors (Lipinski definition) is 3. The van der Waals surface area contributed by atoms with E-state index in [1.807, 2.05) is 22.9 Å². The summed E-state index contributed by atoms with van der Waals surface area (Å²) in [6.07, 6.45) is 6.30. The highest BCUT2D eigenvalue weighted by Gasteiger charge is 2.32. The van der Waals surface area contributed by atoms with Gasteiger partial charge < -0.3 is 20.4 Å². The first kappa shape index (κ1) is 21.4. The third-order valence-corrected chi connectivity index (χ3v) is 6.00. The molecule has 6 nitrogen and oxygen atoms in total. The van der Waals surface area contributed by atoms with Crippen LogP contribution in [0.4, 0.5) is 10.1 Å². The van der Waals surface area contributed by atoms with E-state index in [9.17, 15) is 9.18 Å². The minimum Gasteiger partial charge on any atom is -0.372 e. The Morgan fingerprint density at radius 2 is 2.03 bits per heavy atom. The predicted octanol–water partition coefficient (Wildman–Crippen LogP) is 2.61. The summed E-state index contributed by atoms with van der Waals surface area (Å²) in [4.78, 5) is 20.8. The molecule has 1 saturated heterocycles. The van der Waals surface area contributed by atoms with Gasteiger partial charge in [-0.3, -0.25) is 9.79 Å². The molecule has 1 saturated carbocycles. The molecular formula is C22H34FN5O. The topological polar surface area (TPSA) is 60.0 Å². The quantitative estimate of drug-likeness (QED) is 0.417. The molecular weight excluding hydrogens is 369 g/mol. The van der Waals surface area contributed by atoms with Crippen LogP contribution in [0, 0.1) is 11.7 Å². The standard InChI is InChI=1S/C22H34FN5O/c1-24-22(25-13-7-14-27(2)20-11-6-5-10-19(20)23)26-18-12-15-28(16-18)21(29)17-8-3-4-9-17/h5-6,10-11,17-18H,3-4,7-9,12-16H2,1-2H3,(H2,24,25,26). The summed E-state index contributed by atoms with van der Waals surface area (Å²) >= 11 is 0. The summed E-state index contributed by atoms with van der Waals surface area (Å²) in [6.45, 7) is 3.08. The Balaban J connectivity index is 1.36. The summed E-state index contributed by atoms with van der Waals surface area (Å²) in [6, 6.07) is 7.07. The highest BCUT2D eigenvalue weighted by molar-refractivity contribution is 5.81. The second-order valence-corrected chi connectivity index (χ2v) is 8.12. The van der Waals surface area contributed by atoms with Crippen LogP contribution in [0.25, 0.3) is 0 Å². The summed E-state index contributed by atoms with van der Waals surface area (Å²) in [5, 5.41) is 6.77. The monoisotopic (exact) mass is 403 g/mol. The van der Waals surface area contributed by atoms with Crippen molar-refractivity contribution in [1.82, 2.24) is 15.5 Å². The third-order valence-electron chi connectivity index (χ3n) is 6.00. The zero-order valence-corrected chi connectivity index (χ0v) is 17.7. The third kappa shape index (κ3) is 5.84. The summed E-state index contributed by atoms with van der Waals surface area (Å²) < 4.78 is 13.8. The van der Waals surface area contributed by atoms with Crippen molar-refractivity contribution in [3.05, 3.63) is 30.1 Å². The molecule has 2 aliphatic rings. The number of aliphatic imine (C=N–C) groups is 1. The number of anilines is 1. The van der Waals surface area contributed by atoms with E-state index in [0.717, 1.165) is 57.8 Å². The molecule has 1 aliphatic heterocycles. The van der Waals surface area contributed by atoms with E-state index in [4.69, 9.17) is 0 Å². The lowest BCUT2D eigenvalue weighted by atomic mass is 10.1. The van der Waals surface area contributed by atoms with Gasteiger partial charge in [0.1, 0.15) is 5.82 Å². The van der Waals surface area contributed by atoms with Gasteiger partial charge in [0.2, 0.25) is 5.91 Å². The molecule has 2 fully saturated rings. The van der Waals surface area contributed by atoms with E-state index in [1.165, 1.54) is 18.9 Å². The van der Waals surface area contributed by atoms with Gasteiger partial charge in [-0.15, -0.1) is 0 Å². The molecule has 0 radical (unpaired) electrons. The van der Waals surface area contributed by atoms with Gasteiger partial charge in [-0.1, -0.05) is 25.0 Å². The van der Waals surface area contributed by atoms with Crippen molar-refractivity contribution < 1.29 is 9.18 Å². The number of para-hydroxylation sites is 1. The van der Waals surface area contributed by atoms with Gasteiger partial charge in [0.15, 0.2) is 5.96 Å². The molecule has 0 bridgehead atoms. The van der Waals surface area contributed by atoms with Crippen LogP contribution in [0.3, 0.4) is 0 Å². The molecule has 1 aromatic rings. The van der Waals surface area contributed by atoms with Crippen LogP contribution >= 0.6 is 0 Å². The first-order valence-corrected chi connectivity index (χ1v) is 10.8. The highest BCUT2D eigenvalue weighted by atomic mass is 19.1. The number of halogens is 1. The number of benzene rings is 1. The van der Waals surface area contributed by atoms with Crippen LogP contribution in [0.2, 0.25) is 0 Å². The van der Waals surface area contributed by atoms with Crippen molar-refractivity contribution in [2.75, 3.05) is 45.2 Å². The second-order valence-electron chi connectivity index (χ2n) is 8.12. The Kier molecular flexibility index (Phi) is 7.72. The average Bonchev–Trinajstić information content (AvgIpc) is 3.42. The first-order chi connectivity index (χ1) is 14.1. The van der Waals surface area contributed by atoms with Crippen LogP contribution in [0.1, 0.15) is 38.5 Å². The molecule has 160 valence electrons. The summed E-state index contributed by atoms with van der Waals surface area (Å²) in [5.41, 5.74) is 0.619. The van der Waals surface area contributed by atoms with Crippen molar-refractivity contribution in [2.24, 2.45) is 10.9 Å². The smallest absolute Gasteiger partial charge is 0.225 e.